The number of ether oxygens (including phenoxy) is 3. The van der Waals surface area contributed by atoms with Crippen LogP contribution in [0.15, 0.2) is 97.3 Å². The molecular weight excluding hydrogens is 582 g/mol. The van der Waals surface area contributed by atoms with Gasteiger partial charge in [-0.05, 0) is 83.4 Å². The van der Waals surface area contributed by atoms with E-state index < -0.39 is 0 Å². The minimum Gasteiger partial charge on any atom is -0.493 e. The Hall–Kier alpha value is -6.16. The average Bonchev–Trinajstić information content (AvgIpc) is 3.07. The quantitative estimate of drug-likeness (QED) is 0.154. The highest BCUT2D eigenvalue weighted by molar-refractivity contribution is 6.07. The van der Waals surface area contributed by atoms with E-state index in [1.807, 2.05) is 55.5 Å². The van der Waals surface area contributed by atoms with Crippen molar-refractivity contribution in [3.8, 4) is 23.1 Å². The molecule has 0 radical (unpaired) electrons. The molecule has 2 amide bonds. The molecular formula is C36H31N5O5. The van der Waals surface area contributed by atoms with Gasteiger partial charge in [-0.1, -0.05) is 30.3 Å². The molecule has 230 valence electrons. The average molecular weight is 614 g/mol. The van der Waals surface area contributed by atoms with Gasteiger partial charge >= 0.3 is 0 Å². The lowest BCUT2D eigenvalue weighted by Gasteiger charge is -2.12. The third-order valence-corrected chi connectivity index (χ3v) is 7.54. The maximum atomic E-state index is 13.2. The van der Waals surface area contributed by atoms with E-state index in [0.717, 1.165) is 21.9 Å². The van der Waals surface area contributed by atoms with Gasteiger partial charge in [-0.15, -0.1) is 0 Å². The summed E-state index contributed by atoms with van der Waals surface area (Å²) in [5, 5.41) is 8.08. The SMILES string of the molecule is COc1cc2ncnc(Oc3ccc4c(C(=O)NCc5ccc(C(=O)Nc6ccc(C)cc6N)cc5)cccc4c3)c2cc1OC. The molecule has 0 saturated carbocycles. The summed E-state index contributed by atoms with van der Waals surface area (Å²) >= 11 is 0. The maximum absolute atomic E-state index is 13.2. The van der Waals surface area contributed by atoms with Crippen LogP contribution in [0.4, 0.5) is 11.4 Å². The lowest BCUT2D eigenvalue weighted by molar-refractivity contribution is 0.0951. The smallest absolute Gasteiger partial charge is 0.255 e. The predicted octanol–water partition coefficient (Wildman–Crippen LogP) is 6.67. The number of carbonyl (C=O) groups excluding carboxylic acids is 2. The molecule has 0 aliphatic heterocycles. The standard InChI is InChI=1S/C36H31N5O5/c1-21-7-14-30(29(37)15-21)41-34(42)23-10-8-22(9-11-23)19-38-35(43)27-6-4-5-24-16-25(12-13-26(24)27)46-36-28-17-32(44-2)33(45-3)18-31(28)39-20-40-36/h4-18,20H,19,37H2,1-3H3,(H,38,43)(H,41,42). The molecule has 4 N–H and O–H groups in total. The molecule has 6 rings (SSSR count). The van der Waals surface area contributed by atoms with Crippen LogP contribution in [-0.4, -0.2) is 36.0 Å². The van der Waals surface area contributed by atoms with Gasteiger partial charge in [-0.3, -0.25) is 9.59 Å². The number of rotatable bonds is 9. The highest BCUT2D eigenvalue weighted by Gasteiger charge is 2.15. The number of nitrogens with zero attached hydrogens (tertiary/aromatic N) is 2. The van der Waals surface area contributed by atoms with Crippen LogP contribution in [0.1, 0.15) is 31.8 Å². The molecule has 0 aliphatic carbocycles. The molecule has 10 heteroatoms. The summed E-state index contributed by atoms with van der Waals surface area (Å²) in [6.45, 7) is 2.23. The molecule has 0 spiro atoms. The molecule has 0 aliphatic rings. The summed E-state index contributed by atoms with van der Waals surface area (Å²) in [6.07, 6.45) is 1.43. The van der Waals surface area contributed by atoms with Gasteiger partial charge in [0.25, 0.3) is 11.8 Å². The molecule has 0 atom stereocenters. The number of anilines is 2. The zero-order chi connectivity index (χ0) is 32.2. The number of benzene rings is 5. The fourth-order valence-corrected chi connectivity index (χ4v) is 5.12. The fraction of sp³-hybridized carbons (Fsp3) is 0.111. The number of fused-ring (bicyclic) bond motifs is 2. The Morgan fingerprint density at radius 2 is 1.59 bits per heavy atom. The molecule has 46 heavy (non-hydrogen) atoms. The van der Waals surface area contributed by atoms with Crippen molar-refractivity contribution in [1.29, 1.82) is 0 Å². The van der Waals surface area contributed by atoms with E-state index >= 15 is 0 Å². The van der Waals surface area contributed by atoms with Crippen molar-refractivity contribution in [2.45, 2.75) is 13.5 Å². The maximum Gasteiger partial charge on any atom is 0.255 e. The number of nitrogens with one attached hydrogen (secondary N) is 2. The summed E-state index contributed by atoms with van der Waals surface area (Å²) in [5.74, 6) is 1.52. The predicted molar refractivity (Wildman–Crippen MR) is 178 cm³/mol. The van der Waals surface area contributed by atoms with Gasteiger partial charge in [0.15, 0.2) is 11.5 Å². The number of nitrogen functional groups attached to an aromatic ring is 1. The van der Waals surface area contributed by atoms with E-state index in [2.05, 4.69) is 20.6 Å². The van der Waals surface area contributed by atoms with E-state index in [9.17, 15) is 9.59 Å². The van der Waals surface area contributed by atoms with Crippen molar-refractivity contribution in [3.05, 3.63) is 120 Å². The monoisotopic (exact) mass is 613 g/mol. The first-order chi connectivity index (χ1) is 22.3. The van der Waals surface area contributed by atoms with Crippen molar-refractivity contribution in [2.24, 2.45) is 0 Å². The highest BCUT2D eigenvalue weighted by atomic mass is 16.5. The van der Waals surface area contributed by atoms with Gasteiger partial charge in [-0.25, -0.2) is 9.97 Å². The Morgan fingerprint density at radius 1 is 0.804 bits per heavy atom. The zero-order valence-corrected chi connectivity index (χ0v) is 25.5. The van der Waals surface area contributed by atoms with Crippen LogP contribution in [0.2, 0.25) is 0 Å². The lowest BCUT2D eigenvalue weighted by atomic mass is 10.0. The molecule has 0 bridgehead atoms. The molecule has 5 aromatic carbocycles. The third kappa shape index (κ3) is 6.22. The second-order valence-corrected chi connectivity index (χ2v) is 10.6. The van der Waals surface area contributed by atoms with Crippen molar-refractivity contribution >= 4 is 44.9 Å². The first-order valence-electron chi connectivity index (χ1n) is 14.4. The van der Waals surface area contributed by atoms with Crippen LogP contribution < -0.4 is 30.6 Å². The summed E-state index contributed by atoms with van der Waals surface area (Å²) in [6, 6.07) is 27.1. The largest absolute Gasteiger partial charge is 0.493 e. The number of hydrogen-bond donors (Lipinski definition) is 3. The van der Waals surface area contributed by atoms with Crippen molar-refractivity contribution in [3.63, 3.8) is 0 Å². The van der Waals surface area contributed by atoms with Crippen LogP contribution in [0.3, 0.4) is 0 Å². The van der Waals surface area contributed by atoms with E-state index in [-0.39, 0.29) is 18.4 Å². The van der Waals surface area contributed by atoms with E-state index in [4.69, 9.17) is 19.9 Å². The van der Waals surface area contributed by atoms with Gasteiger partial charge in [0.1, 0.15) is 12.1 Å². The zero-order valence-electron chi connectivity index (χ0n) is 25.5. The summed E-state index contributed by atoms with van der Waals surface area (Å²) in [5.41, 5.74) is 10.6. The molecule has 1 heterocycles. The second-order valence-electron chi connectivity index (χ2n) is 10.6. The van der Waals surface area contributed by atoms with Gasteiger partial charge < -0.3 is 30.6 Å². The molecule has 1 aromatic heterocycles. The molecule has 0 saturated heterocycles. The second kappa shape index (κ2) is 12.8. The molecule has 10 nitrogen and oxygen atoms in total. The van der Waals surface area contributed by atoms with Crippen LogP contribution >= 0.6 is 0 Å². The van der Waals surface area contributed by atoms with Gasteiger partial charge in [-0.2, -0.15) is 0 Å². The lowest BCUT2D eigenvalue weighted by Crippen LogP contribution is -2.23. The van der Waals surface area contributed by atoms with Crippen molar-refractivity contribution in [1.82, 2.24) is 15.3 Å². The van der Waals surface area contributed by atoms with Crippen LogP contribution in [-0.2, 0) is 6.54 Å². The van der Waals surface area contributed by atoms with E-state index in [1.54, 1.807) is 56.7 Å². The van der Waals surface area contributed by atoms with E-state index in [0.29, 0.717) is 56.5 Å². The molecule has 6 aromatic rings. The van der Waals surface area contributed by atoms with Gasteiger partial charge in [0.2, 0.25) is 5.88 Å². The Labute approximate surface area is 265 Å². The number of carbonyl (C=O) groups is 2. The normalized spacial score (nSPS) is 10.8. The number of hydrogen-bond acceptors (Lipinski definition) is 8. The van der Waals surface area contributed by atoms with Gasteiger partial charge in [0, 0.05) is 23.7 Å². The minimum atomic E-state index is -0.266. The molecule has 0 unspecified atom stereocenters. The summed E-state index contributed by atoms with van der Waals surface area (Å²) in [4.78, 5) is 34.6. The van der Waals surface area contributed by atoms with E-state index in [1.165, 1.54) is 6.33 Å². The Morgan fingerprint density at radius 3 is 2.35 bits per heavy atom. The van der Waals surface area contributed by atoms with Crippen LogP contribution in [0, 0.1) is 6.92 Å². The van der Waals surface area contributed by atoms with Crippen molar-refractivity contribution < 1.29 is 23.8 Å². The highest BCUT2D eigenvalue weighted by Crippen LogP contribution is 2.36. The van der Waals surface area contributed by atoms with Crippen LogP contribution in [0.25, 0.3) is 21.7 Å². The number of nitrogens with two attached hydrogens (primary N) is 1. The number of aryl methyl sites for hydroxylation is 1. The Kier molecular flexibility index (Phi) is 8.34. The summed E-state index contributed by atoms with van der Waals surface area (Å²) < 4.78 is 17.0. The third-order valence-electron chi connectivity index (χ3n) is 7.54. The van der Waals surface area contributed by atoms with Crippen LogP contribution in [0.5, 0.6) is 23.1 Å². The van der Waals surface area contributed by atoms with Gasteiger partial charge in [0.05, 0.1) is 36.5 Å². The fourth-order valence-electron chi connectivity index (χ4n) is 5.12. The summed E-state index contributed by atoms with van der Waals surface area (Å²) in [7, 11) is 3.13. The molecule has 0 fully saturated rings. The van der Waals surface area contributed by atoms with Crippen molar-refractivity contribution in [2.75, 3.05) is 25.3 Å². The number of aromatic nitrogens is 2. The Bertz CT molecular complexity index is 2100. The first-order valence-corrected chi connectivity index (χ1v) is 14.4. The minimum absolute atomic E-state index is 0.223. The topological polar surface area (TPSA) is 138 Å². The Balaban J connectivity index is 1.14. The first kappa shape index (κ1) is 29.9. The number of methoxy groups -OCH3 is 2. The number of amides is 2.